The molecule has 1 saturated heterocycles. The molecule has 1 aliphatic rings. The van der Waals surface area contributed by atoms with E-state index in [-0.39, 0.29) is 11.9 Å². The van der Waals surface area contributed by atoms with Gasteiger partial charge in [-0.15, -0.1) is 0 Å². The van der Waals surface area contributed by atoms with Crippen LogP contribution in [0.4, 0.5) is 5.69 Å². The van der Waals surface area contributed by atoms with Crippen LogP contribution in [0, 0.1) is 5.92 Å². The van der Waals surface area contributed by atoms with Crippen LogP contribution in [-0.4, -0.2) is 44.2 Å². The molecule has 0 spiro atoms. The van der Waals surface area contributed by atoms with Gasteiger partial charge in [-0.1, -0.05) is 19.1 Å². The monoisotopic (exact) mass is 339 g/mol. The van der Waals surface area contributed by atoms with Gasteiger partial charge in [-0.05, 0) is 36.1 Å². The van der Waals surface area contributed by atoms with Crippen molar-refractivity contribution in [1.82, 2.24) is 10.3 Å². The van der Waals surface area contributed by atoms with Crippen LogP contribution in [-0.2, 0) is 4.74 Å². The topological polar surface area (TPSA) is 54.5 Å². The summed E-state index contributed by atoms with van der Waals surface area (Å²) in [7, 11) is 4.03. The Bertz CT molecular complexity index is 728. The van der Waals surface area contributed by atoms with Gasteiger partial charge in [0.05, 0.1) is 12.2 Å². The molecule has 0 saturated carbocycles. The molecule has 0 radical (unpaired) electrons. The van der Waals surface area contributed by atoms with Crippen LogP contribution in [0.1, 0.15) is 23.7 Å². The molecule has 132 valence electrons. The number of amides is 1. The highest BCUT2D eigenvalue weighted by Gasteiger charge is 2.24. The van der Waals surface area contributed by atoms with Gasteiger partial charge in [0.25, 0.3) is 5.91 Å². The average Bonchev–Trinajstić information content (AvgIpc) is 2.64. The van der Waals surface area contributed by atoms with Crippen molar-refractivity contribution in [3.8, 4) is 11.1 Å². The van der Waals surface area contributed by atoms with Gasteiger partial charge in [0.2, 0.25) is 0 Å². The van der Waals surface area contributed by atoms with E-state index in [1.54, 1.807) is 12.4 Å². The van der Waals surface area contributed by atoms with Gasteiger partial charge in [0.1, 0.15) is 0 Å². The number of carbonyl (C=O) groups is 1. The molecule has 25 heavy (non-hydrogen) atoms. The van der Waals surface area contributed by atoms with Gasteiger partial charge in [0.15, 0.2) is 0 Å². The van der Waals surface area contributed by atoms with Crippen LogP contribution >= 0.6 is 0 Å². The van der Waals surface area contributed by atoms with Crippen LogP contribution in [0.25, 0.3) is 11.1 Å². The Morgan fingerprint density at radius 3 is 2.64 bits per heavy atom. The predicted octanol–water partition coefficient (Wildman–Crippen LogP) is 2.97. The predicted molar refractivity (Wildman–Crippen MR) is 99.9 cm³/mol. The fourth-order valence-corrected chi connectivity index (χ4v) is 3.02. The molecule has 1 aromatic carbocycles. The Kier molecular flexibility index (Phi) is 5.34. The minimum Gasteiger partial charge on any atom is -0.381 e. The summed E-state index contributed by atoms with van der Waals surface area (Å²) in [6.45, 7) is 3.50. The number of hydrogen-bond donors (Lipinski definition) is 1. The van der Waals surface area contributed by atoms with Gasteiger partial charge in [-0.2, -0.15) is 0 Å². The molecule has 5 heteroatoms. The minimum absolute atomic E-state index is 0.0713. The summed E-state index contributed by atoms with van der Waals surface area (Å²) < 4.78 is 5.44. The van der Waals surface area contributed by atoms with Crippen molar-refractivity contribution in [3.05, 3.63) is 48.3 Å². The van der Waals surface area contributed by atoms with Crippen LogP contribution in [0.5, 0.6) is 0 Å². The molecule has 0 bridgehead atoms. The lowest BCUT2D eigenvalue weighted by Gasteiger charge is -2.29. The molecule has 5 nitrogen and oxygen atoms in total. The highest BCUT2D eigenvalue weighted by atomic mass is 16.5. The summed E-state index contributed by atoms with van der Waals surface area (Å²) >= 11 is 0. The zero-order chi connectivity index (χ0) is 17.8. The van der Waals surface area contributed by atoms with Crippen molar-refractivity contribution in [2.45, 2.75) is 19.4 Å². The van der Waals surface area contributed by atoms with Gasteiger partial charge < -0.3 is 15.0 Å². The van der Waals surface area contributed by atoms with E-state index in [0.29, 0.717) is 24.7 Å². The maximum absolute atomic E-state index is 12.6. The smallest absolute Gasteiger partial charge is 0.253 e. The second-order valence-electron chi connectivity index (χ2n) is 6.82. The molecule has 2 heterocycles. The summed E-state index contributed by atoms with van der Waals surface area (Å²) in [5.41, 5.74) is 3.72. The summed E-state index contributed by atoms with van der Waals surface area (Å²) in [6.07, 6.45) is 4.27. The first kappa shape index (κ1) is 17.4. The highest BCUT2D eigenvalue weighted by Crippen LogP contribution is 2.23. The van der Waals surface area contributed by atoms with E-state index in [0.717, 1.165) is 23.2 Å². The first-order chi connectivity index (χ1) is 12.0. The second kappa shape index (κ2) is 7.66. The van der Waals surface area contributed by atoms with Crippen LogP contribution in [0.3, 0.4) is 0 Å². The zero-order valence-corrected chi connectivity index (χ0v) is 15.0. The van der Waals surface area contributed by atoms with Crippen molar-refractivity contribution in [3.63, 3.8) is 0 Å². The molecule has 2 aromatic rings. The van der Waals surface area contributed by atoms with Gasteiger partial charge >= 0.3 is 0 Å². The second-order valence-corrected chi connectivity index (χ2v) is 6.82. The number of benzene rings is 1. The molecule has 0 aliphatic carbocycles. The molecule has 1 amide bonds. The standard InChI is InChI=1S/C20H25N3O2/c1-14-13-25-9-8-19(14)22-20(24)17-10-16(11-21-12-17)15-4-6-18(7-5-15)23(2)3/h4-7,10-12,14,19H,8-9,13H2,1-3H3,(H,22,24). The maximum Gasteiger partial charge on any atom is 0.253 e. The van der Waals surface area contributed by atoms with Crippen LogP contribution in [0.15, 0.2) is 42.7 Å². The number of rotatable bonds is 4. The Balaban J connectivity index is 1.75. The lowest BCUT2D eigenvalue weighted by molar-refractivity contribution is 0.0375. The number of pyridine rings is 1. The number of aromatic nitrogens is 1. The lowest BCUT2D eigenvalue weighted by atomic mass is 9.97. The van der Waals surface area contributed by atoms with E-state index in [4.69, 9.17) is 4.74 Å². The van der Waals surface area contributed by atoms with Gasteiger partial charge in [0, 0.05) is 50.4 Å². The largest absolute Gasteiger partial charge is 0.381 e. The van der Waals surface area contributed by atoms with E-state index in [9.17, 15) is 4.79 Å². The van der Waals surface area contributed by atoms with E-state index in [2.05, 4.69) is 46.4 Å². The fraction of sp³-hybridized carbons (Fsp3) is 0.400. The first-order valence-corrected chi connectivity index (χ1v) is 8.66. The van der Waals surface area contributed by atoms with Crippen LogP contribution in [0.2, 0.25) is 0 Å². The minimum atomic E-state index is -0.0713. The Morgan fingerprint density at radius 2 is 1.96 bits per heavy atom. The third-order valence-electron chi connectivity index (χ3n) is 4.67. The van der Waals surface area contributed by atoms with Crippen LogP contribution < -0.4 is 10.2 Å². The highest BCUT2D eigenvalue weighted by molar-refractivity contribution is 5.95. The number of ether oxygens (including phenoxy) is 1. The number of anilines is 1. The maximum atomic E-state index is 12.6. The molecular weight excluding hydrogens is 314 g/mol. The van der Waals surface area contributed by atoms with Crippen molar-refractivity contribution in [2.24, 2.45) is 5.92 Å². The third kappa shape index (κ3) is 4.17. The number of carbonyl (C=O) groups excluding carboxylic acids is 1. The quantitative estimate of drug-likeness (QED) is 0.930. The normalized spacial score (nSPS) is 20.1. The van der Waals surface area contributed by atoms with Crippen molar-refractivity contribution >= 4 is 11.6 Å². The first-order valence-electron chi connectivity index (χ1n) is 8.66. The summed E-state index contributed by atoms with van der Waals surface area (Å²) in [5.74, 6) is 0.255. The molecule has 1 aliphatic heterocycles. The summed E-state index contributed by atoms with van der Waals surface area (Å²) in [6, 6.07) is 10.3. The zero-order valence-electron chi connectivity index (χ0n) is 15.0. The number of nitrogens with zero attached hydrogens (tertiary/aromatic N) is 2. The van der Waals surface area contributed by atoms with E-state index >= 15 is 0 Å². The molecule has 1 aromatic heterocycles. The van der Waals surface area contributed by atoms with Crippen molar-refractivity contribution < 1.29 is 9.53 Å². The summed E-state index contributed by atoms with van der Waals surface area (Å²) in [4.78, 5) is 18.9. The van der Waals surface area contributed by atoms with Gasteiger partial charge in [-0.25, -0.2) is 0 Å². The molecule has 1 fully saturated rings. The Morgan fingerprint density at radius 1 is 1.20 bits per heavy atom. The van der Waals surface area contributed by atoms with E-state index in [1.165, 1.54) is 0 Å². The average molecular weight is 339 g/mol. The van der Waals surface area contributed by atoms with Crippen molar-refractivity contribution in [2.75, 3.05) is 32.2 Å². The lowest BCUT2D eigenvalue weighted by Crippen LogP contribution is -2.44. The SMILES string of the molecule is CC1COCCC1NC(=O)c1cncc(-c2ccc(N(C)C)cc2)c1. The molecule has 1 N–H and O–H groups in total. The Labute approximate surface area is 149 Å². The number of hydrogen-bond acceptors (Lipinski definition) is 4. The van der Waals surface area contributed by atoms with Crippen molar-refractivity contribution in [1.29, 1.82) is 0 Å². The van der Waals surface area contributed by atoms with E-state index < -0.39 is 0 Å². The van der Waals surface area contributed by atoms with E-state index in [1.807, 2.05) is 20.2 Å². The molecule has 2 unspecified atom stereocenters. The number of nitrogens with one attached hydrogen (secondary N) is 1. The molecule has 2 atom stereocenters. The molecular formula is C20H25N3O2. The summed E-state index contributed by atoms with van der Waals surface area (Å²) in [5, 5.41) is 3.12. The fourth-order valence-electron chi connectivity index (χ4n) is 3.02. The molecule has 3 rings (SSSR count). The van der Waals surface area contributed by atoms with Gasteiger partial charge in [-0.3, -0.25) is 9.78 Å². The third-order valence-corrected chi connectivity index (χ3v) is 4.67. The Hall–Kier alpha value is -2.40.